The van der Waals surface area contributed by atoms with Crippen LogP contribution < -0.4 is 10.2 Å². The molecule has 6 nitrogen and oxygen atoms in total. The number of carbonyl (C=O) groups is 3. The van der Waals surface area contributed by atoms with Crippen molar-refractivity contribution < 1.29 is 19.5 Å². The van der Waals surface area contributed by atoms with E-state index in [1.54, 1.807) is 48.5 Å². The van der Waals surface area contributed by atoms with Crippen molar-refractivity contribution >= 4 is 40.6 Å². The lowest BCUT2D eigenvalue weighted by Gasteiger charge is -2.36. The number of hydrogen-bond acceptors (Lipinski definition) is 4. The van der Waals surface area contributed by atoms with Crippen LogP contribution in [-0.4, -0.2) is 41.2 Å². The van der Waals surface area contributed by atoms with Crippen molar-refractivity contribution in [3.05, 3.63) is 59.7 Å². The summed E-state index contributed by atoms with van der Waals surface area (Å²) in [4.78, 5) is 39.5. The Labute approximate surface area is 155 Å². The third kappa shape index (κ3) is 2.77. The fraction of sp³-hybridized carbons (Fsp3) is 0.211. The minimum absolute atomic E-state index is 0.140. The van der Waals surface area contributed by atoms with Crippen molar-refractivity contribution in [2.45, 2.75) is 12.0 Å². The molecule has 26 heavy (non-hydrogen) atoms. The average Bonchev–Trinajstić information content (AvgIpc) is 2.65. The predicted molar refractivity (Wildman–Crippen MR) is 98.6 cm³/mol. The normalized spacial score (nSPS) is 19.3. The summed E-state index contributed by atoms with van der Waals surface area (Å²) in [7, 11) is 1.42. The summed E-state index contributed by atoms with van der Waals surface area (Å²) in [6, 6.07) is 13.3. The van der Waals surface area contributed by atoms with E-state index in [9.17, 15) is 19.5 Å². The van der Waals surface area contributed by atoms with Gasteiger partial charge in [-0.05, 0) is 30.2 Å². The summed E-state index contributed by atoms with van der Waals surface area (Å²) in [6.45, 7) is 0. The van der Waals surface area contributed by atoms with Crippen LogP contribution in [-0.2, 0) is 16.0 Å². The zero-order valence-corrected chi connectivity index (χ0v) is 14.8. The Kier molecular flexibility index (Phi) is 4.80. The van der Waals surface area contributed by atoms with Crippen LogP contribution in [0, 0.1) is 0 Å². The lowest BCUT2D eigenvalue weighted by Crippen LogP contribution is -2.63. The van der Waals surface area contributed by atoms with Gasteiger partial charge < -0.3 is 15.3 Å². The molecular formula is C19H17ClN2O4. The first-order valence-electron chi connectivity index (χ1n) is 8.01. The highest BCUT2D eigenvalue weighted by molar-refractivity contribution is 6.39. The van der Waals surface area contributed by atoms with Gasteiger partial charge in [-0.15, -0.1) is 11.6 Å². The fourth-order valence-corrected chi connectivity index (χ4v) is 3.22. The number of hydrogen-bond donors (Lipinski definition) is 2. The van der Waals surface area contributed by atoms with Crippen molar-refractivity contribution in [3.63, 3.8) is 0 Å². The van der Waals surface area contributed by atoms with E-state index < -0.39 is 23.2 Å². The number of nitrogens with one attached hydrogen (secondary N) is 1. The standard InChI is InChI=1S/C19H17ClN2O4/c1-22-14-9-5-6-12(10-11-20)15(14)16(23)19(26,18(22)25)17(24)21-13-7-3-2-4-8-13/h2-9,26H,10-11H2,1H3,(H,21,24). The van der Waals surface area contributed by atoms with Crippen molar-refractivity contribution in [2.75, 3.05) is 23.1 Å². The van der Waals surface area contributed by atoms with Gasteiger partial charge in [0.1, 0.15) is 0 Å². The SMILES string of the molecule is CN1C(=O)C(O)(C(=O)Nc2ccccc2)C(=O)c2c(CCCl)cccc21. The average molecular weight is 373 g/mol. The molecule has 1 atom stereocenters. The van der Waals surface area contributed by atoms with Crippen LogP contribution in [0.5, 0.6) is 0 Å². The van der Waals surface area contributed by atoms with Crippen LogP contribution in [0.2, 0.25) is 0 Å². The molecule has 1 aliphatic rings. The lowest BCUT2D eigenvalue weighted by atomic mass is 9.82. The summed E-state index contributed by atoms with van der Waals surface area (Å²) in [5.41, 5.74) is -1.40. The zero-order valence-electron chi connectivity index (χ0n) is 14.0. The molecule has 0 saturated heterocycles. The Balaban J connectivity index is 2.07. The molecule has 0 spiro atoms. The highest BCUT2D eigenvalue weighted by atomic mass is 35.5. The number of halogens is 1. The van der Waals surface area contributed by atoms with Crippen molar-refractivity contribution in [1.82, 2.24) is 0 Å². The predicted octanol–water partition coefficient (Wildman–Crippen LogP) is 2.00. The van der Waals surface area contributed by atoms with E-state index in [0.29, 0.717) is 23.4 Å². The molecule has 3 rings (SSSR count). The number of carbonyl (C=O) groups excluding carboxylic acids is 3. The van der Waals surface area contributed by atoms with Gasteiger partial charge in [-0.25, -0.2) is 0 Å². The van der Waals surface area contributed by atoms with E-state index in [-0.39, 0.29) is 11.4 Å². The Hall–Kier alpha value is -2.70. The van der Waals surface area contributed by atoms with Crippen molar-refractivity contribution in [2.24, 2.45) is 0 Å². The second-order valence-electron chi connectivity index (χ2n) is 5.97. The number of amides is 2. The Morgan fingerprint density at radius 3 is 2.50 bits per heavy atom. The molecular weight excluding hydrogens is 356 g/mol. The van der Waals surface area contributed by atoms with Crippen molar-refractivity contribution in [1.29, 1.82) is 0 Å². The van der Waals surface area contributed by atoms with Crippen LogP contribution in [0.25, 0.3) is 0 Å². The van der Waals surface area contributed by atoms with Crippen LogP contribution in [0.4, 0.5) is 11.4 Å². The quantitative estimate of drug-likeness (QED) is 0.634. The van der Waals surface area contributed by atoms with Gasteiger partial charge in [-0.1, -0.05) is 30.3 Å². The van der Waals surface area contributed by atoms with Gasteiger partial charge in [0.2, 0.25) is 5.78 Å². The molecule has 0 bridgehead atoms. The monoisotopic (exact) mass is 372 g/mol. The minimum Gasteiger partial charge on any atom is -0.366 e. The molecule has 1 unspecified atom stereocenters. The number of benzene rings is 2. The molecule has 0 aromatic heterocycles. The maximum atomic E-state index is 13.0. The number of para-hydroxylation sites is 1. The number of ketones is 1. The van der Waals surface area contributed by atoms with E-state index >= 15 is 0 Å². The second kappa shape index (κ2) is 6.90. The molecule has 1 heterocycles. The highest BCUT2D eigenvalue weighted by Crippen LogP contribution is 2.35. The first kappa shape index (κ1) is 18.1. The van der Waals surface area contributed by atoms with Gasteiger partial charge in [0.15, 0.2) is 0 Å². The smallest absolute Gasteiger partial charge is 0.286 e. The number of Topliss-reactive ketones (excluding diaryl/α,β-unsaturated/α-hetero) is 1. The number of aryl methyl sites for hydroxylation is 1. The third-order valence-electron chi connectivity index (χ3n) is 4.38. The Bertz CT molecular complexity index is 884. The molecule has 0 aliphatic carbocycles. The maximum Gasteiger partial charge on any atom is 0.286 e. The van der Waals surface area contributed by atoms with Gasteiger partial charge in [0.25, 0.3) is 17.4 Å². The first-order valence-corrected chi connectivity index (χ1v) is 8.54. The molecule has 2 aromatic rings. The van der Waals surface area contributed by atoms with Gasteiger partial charge in [-0.2, -0.15) is 0 Å². The maximum absolute atomic E-state index is 13.0. The molecule has 0 radical (unpaired) electrons. The number of nitrogens with zero attached hydrogens (tertiary/aromatic N) is 1. The molecule has 2 aromatic carbocycles. The van der Waals surface area contributed by atoms with Gasteiger partial charge in [0, 0.05) is 24.2 Å². The lowest BCUT2D eigenvalue weighted by molar-refractivity contribution is -0.143. The molecule has 2 N–H and O–H groups in total. The molecule has 2 amide bonds. The number of likely N-dealkylation sites (N-methyl/N-ethyl adjacent to an activating group) is 1. The van der Waals surface area contributed by atoms with E-state index in [4.69, 9.17) is 11.6 Å². The minimum atomic E-state index is -2.83. The van der Waals surface area contributed by atoms with Crippen molar-refractivity contribution in [3.8, 4) is 0 Å². The summed E-state index contributed by atoms with van der Waals surface area (Å²) in [5.74, 6) is -2.76. The third-order valence-corrected chi connectivity index (χ3v) is 4.57. The van der Waals surface area contributed by atoms with Gasteiger partial charge in [-0.3, -0.25) is 14.4 Å². The summed E-state index contributed by atoms with van der Waals surface area (Å²) >= 11 is 5.80. The summed E-state index contributed by atoms with van der Waals surface area (Å²) < 4.78 is 0. The number of anilines is 2. The Morgan fingerprint density at radius 2 is 1.85 bits per heavy atom. The number of fused-ring (bicyclic) bond motifs is 1. The van der Waals surface area contributed by atoms with Crippen LogP contribution in [0.15, 0.2) is 48.5 Å². The van der Waals surface area contributed by atoms with Crippen LogP contribution >= 0.6 is 11.6 Å². The van der Waals surface area contributed by atoms with E-state index in [0.717, 1.165) is 4.90 Å². The number of rotatable bonds is 4. The number of alkyl halides is 1. The molecule has 0 fully saturated rings. The van der Waals surface area contributed by atoms with Gasteiger partial charge in [0.05, 0.1) is 5.69 Å². The second-order valence-corrected chi connectivity index (χ2v) is 6.35. The zero-order chi connectivity index (χ0) is 18.9. The molecule has 1 aliphatic heterocycles. The largest absolute Gasteiger partial charge is 0.366 e. The van der Waals surface area contributed by atoms with E-state index in [1.165, 1.54) is 7.05 Å². The van der Waals surface area contributed by atoms with Gasteiger partial charge >= 0.3 is 0 Å². The highest BCUT2D eigenvalue weighted by Gasteiger charge is 2.57. The Morgan fingerprint density at radius 1 is 1.15 bits per heavy atom. The van der Waals surface area contributed by atoms with Crippen LogP contribution in [0.1, 0.15) is 15.9 Å². The van der Waals surface area contributed by atoms with Crippen LogP contribution in [0.3, 0.4) is 0 Å². The first-order chi connectivity index (χ1) is 12.4. The topological polar surface area (TPSA) is 86.7 Å². The molecule has 7 heteroatoms. The van der Waals surface area contributed by atoms with E-state index in [1.807, 2.05) is 0 Å². The number of aliphatic hydroxyl groups is 1. The molecule has 134 valence electrons. The summed E-state index contributed by atoms with van der Waals surface area (Å²) in [5, 5.41) is 13.3. The summed E-state index contributed by atoms with van der Waals surface area (Å²) in [6.07, 6.45) is 0.370. The molecule has 0 saturated carbocycles. The fourth-order valence-electron chi connectivity index (χ4n) is 3.01. The van der Waals surface area contributed by atoms with E-state index in [2.05, 4.69) is 5.32 Å².